The number of hydrogen-bond donors (Lipinski definition) is 1. The lowest BCUT2D eigenvalue weighted by Gasteiger charge is -2.24. The molecule has 10 heteroatoms. The van der Waals surface area contributed by atoms with E-state index in [1.54, 1.807) is 0 Å². The van der Waals surface area contributed by atoms with Gasteiger partial charge in [-0.1, -0.05) is 341 Å². The van der Waals surface area contributed by atoms with E-state index in [0.717, 1.165) is 38.5 Å². The fourth-order valence-corrected chi connectivity index (χ4v) is 11.4. The molecule has 9 nitrogen and oxygen atoms in total. The molecule has 0 amide bonds. The molecule has 1 N–H and O–H groups in total. The average molecular weight is 1110 g/mol. The van der Waals surface area contributed by atoms with E-state index < -0.39 is 26.5 Å². The number of phosphoric ester groups is 1. The summed E-state index contributed by atoms with van der Waals surface area (Å²) < 4.78 is 34.6. The van der Waals surface area contributed by atoms with Gasteiger partial charge in [-0.3, -0.25) is 18.6 Å². The summed E-state index contributed by atoms with van der Waals surface area (Å²) in [5.74, 6) is -0.772. The van der Waals surface area contributed by atoms with Crippen LogP contribution in [0.4, 0.5) is 0 Å². The molecule has 0 aliphatic heterocycles. The molecule has 0 heterocycles. The Morgan fingerprint density at radius 2 is 0.584 bits per heavy atom. The average Bonchev–Trinajstić information content (AvgIpc) is 3.39. The van der Waals surface area contributed by atoms with Crippen molar-refractivity contribution in [1.82, 2.24) is 0 Å². The molecule has 2 atom stereocenters. The molecule has 77 heavy (non-hydrogen) atoms. The van der Waals surface area contributed by atoms with Gasteiger partial charge in [0, 0.05) is 12.8 Å². The minimum absolute atomic E-state index is 0.0375. The zero-order chi connectivity index (χ0) is 56.3. The van der Waals surface area contributed by atoms with Crippen LogP contribution >= 0.6 is 7.82 Å². The van der Waals surface area contributed by atoms with Crippen molar-refractivity contribution in [3.05, 3.63) is 0 Å². The number of carbonyl (C=O) groups excluding carboxylic acids is 2. The molecule has 0 aliphatic rings. The fourth-order valence-electron chi connectivity index (χ4n) is 10.6. The summed E-state index contributed by atoms with van der Waals surface area (Å²) in [5, 5.41) is 0. The normalized spacial score (nSPS) is 13.1. The summed E-state index contributed by atoms with van der Waals surface area (Å²) in [5.41, 5.74) is 0. The first-order valence-electron chi connectivity index (χ1n) is 34.3. The van der Waals surface area contributed by atoms with Crippen LogP contribution in [0.3, 0.4) is 0 Å². The molecule has 0 aromatic carbocycles. The molecule has 0 rings (SSSR count). The Bertz CT molecular complexity index is 1260. The summed E-state index contributed by atoms with van der Waals surface area (Å²) >= 11 is 0. The summed E-state index contributed by atoms with van der Waals surface area (Å²) in [4.78, 5) is 35.7. The van der Waals surface area contributed by atoms with E-state index in [9.17, 15) is 19.0 Å². The SMILES string of the molecule is CCCCCCCCCCCCCCCCCCCCCCCCCCCCCCCCCCCCCCCCC(=O)OC(COC(=O)CCCCCCCCCCCCCCCCC)COP(=O)(O)OCC[N+](C)(C)C. The molecule has 2 unspecified atom stereocenters. The van der Waals surface area contributed by atoms with Crippen molar-refractivity contribution in [3.8, 4) is 0 Å². The van der Waals surface area contributed by atoms with Crippen LogP contribution in [-0.4, -0.2) is 74.9 Å². The second-order valence-corrected chi connectivity index (χ2v) is 26.4. The van der Waals surface area contributed by atoms with Crippen LogP contribution in [0.1, 0.15) is 367 Å². The quantitative estimate of drug-likeness (QED) is 0.0278. The Balaban J connectivity index is 3.84. The molecule has 0 aromatic rings. The first-order chi connectivity index (χ1) is 37.5. The van der Waals surface area contributed by atoms with Gasteiger partial charge >= 0.3 is 19.8 Å². The van der Waals surface area contributed by atoms with Gasteiger partial charge in [0.05, 0.1) is 27.7 Å². The van der Waals surface area contributed by atoms with E-state index in [-0.39, 0.29) is 25.6 Å². The molecule has 0 spiro atoms. The van der Waals surface area contributed by atoms with Gasteiger partial charge in [-0.05, 0) is 12.8 Å². The van der Waals surface area contributed by atoms with Crippen LogP contribution in [0, 0.1) is 0 Å². The smallest absolute Gasteiger partial charge is 0.462 e. The molecule has 460 valence electrons. The third-order valence-corrected chi connectivity index (χ3v) is 16.9. The molecule has 0 saturated heterocycles. The van der Waals surface area contributed by atoms with Crippen molar-refractivity contribution in [2.45, 2.75) is 373 Å². The van der Waals surface area contributed by atoms with Crippen LogP contribution in [0.15, 0.2) is 0 Å². The largest absolute Gasteiger partial charge is 0.472 e. The lowest BCUT2D eigenvalue weighted by atomic mass is 10.0. The number of quaternary nitrogens is 1. The highest BCUT2D eigenvalue weighted by molar-refractivity contribution is 7.47. The fraction of sp³-hybridized carbons (Fsp3) is 0.970. The zero-order valence-electron chi connectivity index (χ0n) is 52.5. The number of carbonyl (C=O) groups is 2. The Morgan fingerprint density at radius 1 is 0.351 bits per heavy atom. The predicted molar refractivity (Wildman–Crippen MR) is 331 cm³/mol. The molecule has 0 bridgehead atoms. The first kappa shape index (κ1) is 76.0. The molecular formula is C67H135NO8P+. The third-order valence-electron chi connectivity index (χ3n) is 15.9. The molecule has 0 aromatic heterocycles. The van der Waals surface area contributed by atoms with Gasteiger partial charge in [-0.2, -0.15) is 0 Å². The number of hydrogen-bond acceptors (Lipinski definition) is 7. The van der Waals surface area contributed by atoms with Gasteiger partial charge in [0.25, 0.3) is 0 Å². The number of nitrogens with zero attached hydrogens (tertiary/aromatic N) is 1. The van der Waals surface area contributed by atoms with Gasteiger partial charge < -0.3 is 18.9 Å². The number of likely N-dealkylation sites (N-methyl/N-ethyl adjacent to an activating group) is 1. The lowest BCUT2D eigenvalue weighted by molar-refractivity contribution is -0.870. The third kappa shape index (κ3) is 64.1. The van der Waals surface area contributed by atoms with Crippen LogP contribution in [0.25, 0.3) is 0 Å². The minimum Gasteiger partial charge on any atom is -0.462 e. The van der Waals surface area contributed by atoms with Crippen LogP contribution in [0.2, 0.25) is 0 Å². The molecule has 0 radical (unpaired) electrons. The van der Waals surface area contributed by atoms with E-state index in [1.807, 2.05) is 21.1 Å². The highest BCUT2D eigenvalue weighted by atomic mass is 31.2. The van der Waals surface area contributed by atoms with Gasteiger partial charge in [0.2, 0.25) is 0 Å². The number of phosphoric acid groups is 1. The maximum Gasteiger partial charge on any atom is 0.472 e. The zero-order valence-corrected chi connectivity index (χ0v) is 53.4. The highest BCUT2D eigenvalue weighted by Crippen LogP contribution is 2.43. The van der Waals surface area contributed by atoms with Crippen molar-refractivity contribution in [1.29, 1.82) is 0 Å². The van der Waals surface area contributed by atoms with Crippen molar-refractivity contribution >= 4 is 19.8 Å². The van der Waals surface area contributed by atoms with Crippen LogP contribution in [-0.2, 0) is 32.7 Å². The molecule has 0 aliphatic carbocycles. The van der Waals surface area contributed by atoms with Crippen LogP contribution in [0.5, 0.6) is 0 Å². The number of rotatable bonds is 65. The van der Waals surface area contributed by atoms with Crippen LogP contribution < -0.4 is 0 Å². The number of esters is 2. The second kappa shape index (κ2) is 59.6. The van der Waals surface area contributed by atoms with E-state index >= 15 is 0 Å². The Labute approximate surface area is 480 Å². The summed E-state index contributed by atoms with van der Waals surface area (Å²) in [7, 11) is 1.50. The van der Waals surface area contributed by atoms with E-state index in [2.05, 4.69) is 13.8 Å². The lowest BCUT2D eigenvalue weighted by Crippen LogP contribution is -2.37. The molecular weight excluding hydrogens is 978 g/mol. The maximum atomic E-state index is 12.8. The highest BCUT2D eigenvalue weighted by Gasteiger charge is 2.27. The summed E-state index contributed by atoms with van der Waals surface area (Å²) in [6.07, 6.45) is 70.9. The monoisotopic (exact) mass is 1110 g/mol. The Morgan fingerprint density at radius 3 is 0.831 bits per heavy atom. The van der Waals surface area contributed by atoms with Crippen molar-refractivity contribution in [3.63, 3.8) is 0 Å². The summed E-state index contributed by atoms with van der Waals surface area (Å²) in [6, 6.07) is 0. The van der Waals surface area contributed by atoms with Gasteiger partial charge in [0.1, 0.15) is 19.8 Å². The maximum absolute atomic E-state index is 12.8. The van der Waals surface area contributed by atoms with E-state index in [1.165, 1.54) is 302 Å². The topological polar surface area (TPSA) is 108 Å². The number of unbranched alkanes of at least 4 members (excludes halogenated alkanes) is 51. The van der Waals surface area contributed by atoms with E-state index in [4.69, 9.17) is 18.5 Å². The van der Waals surface area contributed by atoms with Gasteiger partial charge in [0.15, 0.2) is 6.10 Å². The Kier molecular flexibility index (Phi) is 58.9. The predicted octanol–water partition coefficient (Wildman–Crippen LogP) is 21.8. The Hall–Kier alpha value is -0.990. The van der Waals surface area contributed by atoms with Crippen molar-refractivity contribution < 1.29 is 42.1 Å². The van der Waals surface area contributed by atoms with Gasteiger partial charge in [-0.25, -0.2) is 4.57 Å². The molecule has 0 fully saturated rings. The van der Waals surface area contributed by atoms with Gasteiger partial charge in [-0.15, -0.1) is 0 Å². The summed E-state index contributed by atoms with van der Waals surface area (Å²) in [6.45, 7) is 4.51. The van der Waals surface area contributed by atoms with Crippen molar-refractivity contribution in [2.75, 3.05) is 47.5 Å². The minimum atomic E-state index is -4.38. The molecule has 0 saturated carbocycles. The second-order valence-electron chi connectivity index (χ2n) is 24.9. The van der Waals surface area contributed by atoms with E-state index in [0.29, 0.717) is 17.4 Å². The van der Waals surface area contributed by atoms with Crippen molar-refractivity contribution in [2.24, 2.45) is 0 Å². The standard InChI is InChI=1S/C67H134NO8P/c1-6-8-10-12-14-16-18-20-22-23-24-25-26-27-28-29-30-31-32-33-34-35-36-37-38-39-40-41-42-43-44-46-48-50-52-54-56-58-60-67(70)76-65(64-75-77(71,72)74-62-61-68(3,4)5)63-73-66(69)59-57-55-53-51-49-47-45-21-19-17-15-13-11-9-7-2/h65H,6-64H2,1-5H3/p+1. The number of ether oxygens (including phenoxy) is 2. The first-order valence-corrected chi connectivity index (χ1v) is 35.8.